The average Bonchev–Trinajstić information content (AvgIpc) is 3.05. The molecule has 1 aromatic carbocycles. The number of benzene rings is 1. The van der Waals surface area contributed by atoms with Gasteiger partial charge >= 0.3 is 6.18 Å². The molecule has 6 aliphatic rings. The molecule has 38 heavy (non-hydrogen) atoms. The minimum atomic E-state index is -4.13. The average molecular weight is 543 g/mol. The summed E-state index contributed by atoms with van der Waals surface area (Å²) >= 11 is 6.38. The third-order valence-corrected chi connectivity index (χ3v) is 9.65. The van der Waals surface area contributed by atoms with Crippen LogP contribution in [0.15, 0.2) is 30.6 Å². The van der Waals surface area contributed by atoms with Crippen LogP contribution in [-0.4, -0.2) is 67.5 Å². The van der Waals surface area contributed by atoms with E-state index in [1.54, 1.807) is 6.20 Å². The van der Waals surface area contributed by atoms with Crippen LogP contribution in [-0.2, 0) is 13.1 Å². The third kappa shape index (κ3) is 3.03. The standard InChI is InChI=1S/C26H26ClF3N8/c1-16-5-31-6-20(32-16)35-12-23(13-35)14-36(15-23)22-34-33-21-8-37(25-9-24(10-25,11-25)26(28,29)30)7-17-4-18(27)2-3-19(17)38(21)22/h2-6H,7-15H2,1H3. The summed E-state index contributed by atoms with van der Waals surface area (Å²) in [7, 11) is 0. The summed E-state index contributed by atoms with van der Waals surface area (Å²) in [5.74, 6) is 2.46. The number of nitrogens with zero attached hydrogens (tertiary/aromatic N) is 8. The molecule has 9 rings (SSSR count). The molecule has 198 valence electrons. The number of fused-ring (bicyclic) bond motifs is 3. The van der Waals surface area contributed by atoms with Gasteiger partial charge in [0.25, 0.3) is 0 Å². The zero-order valence-corrected chi connectivity index (χ0v) is 21.6. The maximum Gasteiger partial charge on any atom is 0.394 e. The number of aryl methyl sites for hydroxylation is 1. The topological polar surface area (TPSA) is 66.2 Å². The summed E-state index contributed by atoms with van der Waals surface area (Å²) in [5.41, 5.74) is 1.12. The van der Waals surface area contributed by atoms with Crippen LogP contribution in [0.1, 0.15) is 36.3 Å². The number of hydrogen-bond acceptors (Lipinski definition) is 7. The number of anilines is 2. The van der Waals surface area contributed by atoms with E-state index < -0.39 is 17.1 Å². The van der Waals surface area contributed by atoms with Gasteiger partial charge < -0.3 is 9.80 Å². The maximum absolute atomic E-state index is 13.6. The van der Waals surface area contributed by atoms with Crippen molar-refractivity contribution in [2.24, 2.45) is 10.8 Å². The first-order valence-electron chi connectivity index (χ1n) is 12.9. The zero-order valence-electron chi connectivity index (χ0n) is 20.8. The van der Waals surface area contributed by atoms with E-state index in [0.29, 0.717) is 18.1 Å². The summed E-state index contributed by atoms with van der Waals surface area (Å²) in [5, 5.41) is 9.75. The van der Waals surface area contributed by atoms with Gasteiger partial charge in [-0.25, -0.2) is 4.98 Å². The van der Waals surface area contributed by atoms with Crippen LogP contribution in [0.5, 0.6) is 0 Å². The predicted molar refractivity (Wildman–Crippen MR) is 134 cm³/mol. The second-order valence-corrected chi connectivity index (χ2v) is 12.6. The van der Waals surface area contributed by atoms with Crippen LogP contribution in [0.4, 0.5) is 24.9 Å². The summed E-state index contributed by atoms with van der Waals surface area (Å²) in [6.45, 7) is 6.53. The fourth-order valence-corrected chi connectivity index (χ4v) is 7.73. The number of halogens is 4. The van der Waals surface area contributed by atoms with Gasteiger partial charge in [-0.3, -0.25) is 14.5 Å². The molecule has 5 fully saturated rings. The van der Waals surface area contributed by atoms with Gasteiger partial charge in [0.15, 0.2) is 5.82 Å². The van der Waals surface area contributed by atoms with E-state index in [9.17, 15) is 13.2 Å². The smallest absolute Gasteiger partial charge is 0.354 e. The monoisotopic (exact) mass is 542 g/mol. The van der Waals surface area contributed by atoms with Crippen LogP contribution in [0.25, 0.3) is 5.69 Å². The molecule has 8 nitrogen and oxygen atoms in total. The minimum absolute atomic E-state index is 0.164. The molecule has 3 aliphatic heterocycles. The molecular weight excluding hydrogens is 517 g/mol. The quantitative estimate of drug-likeness (QED) is 0.493. The molecule has 3 aliphatic carbocycles. The molecule has 0 radical (unpaired) electrons. The van der Waals surface area contributed by atoms with E-state index in [4.69, 9.17) is 11.6 Å². The van der Waals surface area contributed by atoms with Gasteiger partial charge in [0.2, 0.25) is 5.95 Å². The second-order valence-electron chi connectivity index (χ2n) is 12.1. The highest BCUT2D eigenvalue weighted by molar-refractivity contribution is 6.30. The Bertz CT molecular complexity index is 1450. The van der Waals surface area contributed by atoms with Crippen molar-refractivity contribution in [2.75, 3.05) is 36.0 Å². The van der Waals surface area contributed by atoms with Gasteiger partial charge in [-0.15, -0.1) is 10.2 Å². The van der Waals surface area contributed by atoms with E-state index in [0.717, 1.165) is 60.7 Å². The van der Waals surface area contributed by atoms with Crippen molar-refractivity contribution in [1.82, 2.24) is 29.6 Å². The van der Waals surface area contributed by atoms with Gasteiger partial charge in [-0.1, -0.05) is 11.6 Å². The fourth-order valence-electron chi connectivity index (χ4n) is 7.53. The number of rotatable bonds is 3. The molecule has 0 amide bonds. The fraction of sp³-hybridized carbons (Fsp3) is 0.538. The lowest BCUT2D eigenvalue weighted by Gasteiger charge is -2.73. The molecule has 0 unspecified atom stereocenters. The number of aromatic nitrogens is 5. The SMILES string of the molecule is Cc1cncc(N2CC3(C2)CN(c2nnc4n2-c2ccc(Cl)cc2CN(C25CC(C(F)(F)F)(C2)C5)C4)C3)n1. The van der Waals surface area contributed by atoms with Crippen LogP contribution in [0.2, 0.25) is 5.02 Å². The van der Waals surface area contributed by atoms with Gasteiger partial charge in [0.05, 0.1) is 29.5 Å². The lowest BCUT2D eigenvalue weighted by atomic mass is 9.38. The van der Waals surface area contributed by atoms with E-state index in [1.807, 2.05) is 31.3 Å². The lowest BCUT2D eigenvalue weighted by molar-refractivity contribution is -0.364. The van der Waals surface area contributed by atoms with Crippen molar-refractivity contribution in [3.63, 3.8) is 0 Å². The van der Waals surface area contributed by atoms with E-state index in [2.05, 4.69) is 39.4 Å². The molecule has 5 heterocycles. The first kappa shape index (κ1) is 23.0. The summed E-state index contributed by atoms with van der Waals surface area (Å²) in [4.78, 5) is 15.5. The molecule has 3 saturated carbocycles. The number of alkyl halides is 3. The summed E-state index contributed by atoms with van der Waals surface area (Å²) in [6, 6.07) is 5.76. The van der Waals surface area contributed by atoms with Crippen LogP contribution >= 0.6 is 11.6 Å². The highest BCUT2D eigenvalue weighted by Crippen LogP contribution is 2.75. The van der Waals surface area contributed by atoms with Gasteiger partial charge in [0, 0.05) is 54.9 Å². The molecule has 3 aromatic rings. The van der Waals surface area contributed by atoms with E-state index in [1.165, 1.54) is 0 Å². The highest BCUT2D eigenvalue weighted by atomic mass is 35.5. The Hall–Kier alpha value is -2.92. The third-order valence-electron chi connectivity index (χ3n) is 9.42. The lowest BCUT2D eigenvalue weighted by Crippen LogP contribution is -2.78. The van der Waals surface area contributed by atoms with Crippen molar-refractivity contribution >= 4 is 23.4 Å². The van der Waals surface area contributed by atoms with Crippen LogP contribution < -0.4 is 9.80 Å². The molecule has 1 spiro atoms. The van der Waals surface area contributed by atoms with Crippen LogP contribution in [0, 0.1) is 17.8 Å². The Morgan fingerprint density at radius 1 is 0.947 bits per heavy atom. The largest absolute Gasteiger partial charge is 0.394 e. The Morgan fingerprint density at radius 3 is 2.39 bits per heavy atom. The summed E-state index contributed by atoms with van der Waals surface area (Å²) < 4.78 is 42.8. The van der Waals surface area contributed by atoms with Gasteiger partial charge in [-0.2, -0.15) is 13.2 Å². The first-order chi connectivity index (χ1) is 18.1. The molecular formula is C26H26ClF3N8. The highest BCUT2D eigenvalue weighted by Gasteiger charge is 2.80. The van der Waals surface area contributed by atoms with Crippen molar-refractivity contribution in [3.8, 4) is 5.69 Å². The van der Waals surface area contributed by atoms with Crippen molar-refractivity contribution in [1.29, 1.82) is 0 Å². The maximum atomic E-state index is 13.6. The van der Waals surface area contributed by atoms with Crippen molar-refractivity contribution in [3.05, 3.63) is 52.7 Å². The van der Waals surface area contributed by atoms with Crippen molar-refractivity contribution < 1.29 is 13.2 Å². The summed E-state index contributed by atoms with van der Waals surface area (Å²) in [6.07, 6.45) is -0.0728. The van der Waals surface area contributed by atoms with E-state index >= 15 is 0 Å². The van der Waals surface area contributed by atoms with Gasteiger partial charge in [0.1, 0.15) is 5.82 Å². The second kappa shape index (κ2) is 7.18. The molecule has 0 N–H and O–H groups in total. The predicted octanol–water partition coefficient (Wildman–Crippen LogP) is 4.15. The minimum Gasteiger partial charge on any atom is -0.354 e. The Balaban J connectivity index is 1.05. The van der Waals surface area contributed by atoms with Crippen LogP contribution in [0.3, 0.4) is 0 Å². The molecule has 2 bridgehead atoms. The zero-order chi connectivity index (χ0) is 26.1. The Kier molecular flexibility index (Phi) is 4.35. The van der Waals surface area contributed by atoms with E-state index in [-0.39, 0.29) is 24.7 Å². The molecule has 12 heteroatoms. The van der Waals surface area contributed by atoms with Gasteiger partial charge in [-0.05, 0) is 49.9 Å². The normalized spacial score (nSPS) is 29.0. The first-order valence-corrected chi connectivity index (χ1v) is 13.3. The molecule has 2 aromatic heterocycles. The molecule has 2 saturated heterocycles. The Morgan fingerprint density at radius 2 is 1.68 bits per heavy atom. The number of hydrogen-bond donors (Lipinski definition) is 0. The molecule has 0 atom stereocenters. The van der Waals surface area contributed by atoms with Crippen molar-refractivity contribution in [2.45, 2.75) is 51.0 Å². The Labute approximate surface area is 222 Å².